The lowest BCUT2D eigenvalue weighted by Crippen LogP contribution is -2.21. The van der Waals surface area contributed by atoms with E-state index in [0.717, 1.165) is 29.7 Å². The molecule has 0 aliphatic rings. The van der Waals surface area contributed by atoms with Gasteiger partial charge >= 0.3 is 0 Å². The predicted molar refractivity (Wildman–Crippen MR) is 87.2 cm³/mol. The van der Waals surface area contributed by atoms with E-state index in [0.29, 0.717) is 0 Å². The van der Waals surface area contributed by atoms with Gasteiger partial charge in [0.2, 0.25) is 0 Å². The van der Waals surface area contributed by atoms with E-state index in [1.54, 1.807) is 7.11 Å². The molecule has 0 bridgehead atoms. The third-order valence-corrected chi connectivity index (χ3v) is 4.09. The second-order valence-electron chi connectivity index (χ2n) is 4.93. The minimum Gasteiger partial charge on any atom is -0.497 e. The van der Waals surface area contributed by atoms with Gasteiger partial charge in [-0.2, -0.15) is 0 Å². The van der Waals surface area contributed by atoms with Crippen LogP contribution in [0.3, 0.4) is 0 Å². The predicted octanol–water partition coefficient (Wildman–Crippen LogP) is 4.13. The van der Waals surface area contributed by atoms with Crippen LogP contribution in [-0.2, 0) is 13.0 Å². The van der Waals surface area contributed by atoms with Gasteiger partial charge in [-0.25, -0.2) is 0 Å². The first kappa shape index (κ1) is 15.1. The summed E-state index contributed by atoms with van der Waals surface area (Å²) in [5, 5.41) is 0. The smallest absolute Gasteiger partial charge is 0.119 e. The van der Waals surface area contributed by atoms with Crippen molar-refractivity contribution in [3.8, 4) is 5.75 Å². The van der Waals surface area contributed by atoms with Gasteiger partial charge in [0.05, 0.1) is 7.11 Å². The lowest BCUT2D eigenvalue weighted by Gasteiger charge is -2.18. The molecule has 0 saturated carbocycles. The summed E-state index contributed by atoms with van der Waals surface area (Å²) in [6.45, 7) is 1.94. The fraction of sp³-hybridized carbons (Fsp3) is 0.294. The minimum absolute atomic E-state index is 0.902. The van der Waals surface area contributed by atoms with Crippen molar-refractivity contribution in [2.45, 2.75) is 13.0 Å². The topological polar surface area (TPSA) is 12.5 Å². The summed E-state index contributed by atoms with van der Waals surface area (Å²) in [7, 11) is 3.85. The van der Waals surface area contributed by atoms with Crippen LogP contribution in [0, 0.1) is 0 Å². The van der Waals surface area contributed by atoms with E-state index >= 15 is 0 Å². The highest BCUT2D eigenvalue weighted by Gasteiger charge is 2.06. The van der Waals surface area contributed by atoms with E-state index in [4.69, 9.17) is 4.74 Å². The van der Waals surface area contributed by atoms with Crippen LogP contribution in [0.15, 0.2) is 53.0 Å². The van der Waals surface area contributed by atoms with Gasteiger partial charge in [-0.15, -0.1) is 0 Å². The minimum atomic E-state index is 0.902. The highest BCUT2D eigenvalue weighted by molar-refractivity contribution is 9.10. The molecule has 0 unspecified atom stereocenters. The molecule has 2 rings (SSSR count). The number of nitrogens with zero attached hydrogens (tertiary/aromatic N) is 1. The van der Waals surface area contributed by atoms with Crippen molar-refractivity contribution < 1.29 is 4.74 Å². The molecule has 0 atom stereocenters. The summed E-state index contributed by atoms with van der Waals surface area (Å²) in [5.41, 5.74) is 2.63. The van der Waals surface area contributed by atoms with Crippen LogP contribution in [0.1, 0.15) is 11.1 Å². The Morgan fingerprint density at radius 1 is 1.10 bits per heavy atom. The molecule has 20 heavy (non-hydrogen) atoms. The maximum Gasteiger partial charge on any atom is 0.119 e. The third kappa shape index (κ3) is 4.36. The number of hydrogen-bond acceptors (Lipinski definition) is 2. The van der Waals surface area contributed by atoms with E-state index in [-0.39, 0.29) is 0 Å². The number of ether oxygens (including phenoxy) is 1. The van der Waals surface area contributed by atoms with E-state index < -0.39 is 0 Å². The summed E-state index contributed by atoms with van der Waals surface area (Å²) in [6.07, 6.45) is 1.07. The molecule has 0 spiro atoms. The van der Waals surface area contributed by atoms with Gasteiger partial charge in [-0.3, -0.25) is 0 Å². The van der Waals surface area contributed by atoms with Crippen LogP contribution in [0.4, 0.5) is 0 Å². The van der Waals surface area contributed by atoms with Crippen molar-refractivity contribution in [3.05, 3.63) is 64.1 Å². The molecule has 2 aromatic carbocycles. The number of likely N-dealkylation sites (N-methyl/N-ethyl adjacent to an activating group) is 1. The first-order valence-corrected chi connectivity index (χ1v) is 7.53. The Balaban J connectivity index is 1.92. The molecule has 0 N–H and O–H groups in total. The summed E-state index contributed by atoms with van der Waals surface area (Å²) >= 11 is 3.60. The first-order valence-electron chi connectivity index (χ1n) is 6.74. The lowest BCUT2D eigenvalue weighted by atomic mass is 10.1. The molecular formula is C17H20BrNO. The van der Waals surface area contributed by atoms with Gasteiger partial charge in [0.15, 0.2) is 0 Å². The number of rotatable bonds is 6. The number of hydrogen-bond donors (Lipinski definition) is 0. The quantitative estimate of drug-likeness (QED) is 0.787. The molecule has 0 aromatic heterocycles. The average molecular weight is 334 g/mol. The number of methoxy groups -OCH3 is 1. The summed E-state index contributed by atoms with van der Waals surface area (Å²) < 4.78 is 6.41. The molecule has 0 aliphatic heterocycles. The molecule has 106 valence electrons. The second kappa shape index (κ2) is 7.46. The largest absolute Gasteiger partial charge is 0.497 e. The van der Waals surface area contributed by atoms with Crippen LogP contribution in [0.25, 0.3) is 0 Å². The van der Waals surface area contributed by atoms with Crippen molar-refractivity contribution in [2.75, 3.05) is 20.7 Å². The fourth-order valence-electron chi connectivity index (χ4n) is 2.13. The van der Waals surface area contributed by atoms with Crippen molar-refractivity contribution in [1.82, 2.24) is 4.90 Å². The zero-order valence-electron chi connectivity index (χ0n) is 12.0. The maximum absolute atomic E-state index is 5.28. The fourth-order valence-corrected chi connectivity index (χ4v) is 2.51. The van der Waals surface area contributed by atoms with E-state index in [2.05, 4.69) is 64.3 Å². The maximum atomic E-state index is 5.28. The van der Waals surface area contributed by atoms with Crippen molar-refractivity contribution >= 4 is 15.9 Å². The molecule has 2 nitrogen and oxygen atoms in total. The first-order chi connectivity index (χ1) is 9.69. The van der Waals surface area contributed by atoms with E-state index in [1.165, 1.54) is 11.1 Å². The standard InChI is InChI=1S/C17H20BrNO/c1-19(11-10-14-6-4-3-5-7-14)13-15-12-16(20-2)8-9-17(15)18/h3-9,12H,10-11,13H2,1-2H3. The van der Waals surface area contributed by atoms with Crippen LogP contribution >= 0.6 is 15.9 Å². The Kier molecular flexibility index (Phi) is 5.62. The van der Waals surface area contributed by atoms with Gasteiger partial charge in [0.25, 0.3) is 0 Å². The SMILES string of the molecule is COc1ccc(Br)c(CN(C)CCc2ccccc2)c1. The van der Waals surface area contributed by atoms with E-state index in [9.17, 15) is 0 Å². The monoisotopic (exact) mass is 333 g/mol. The zero-order chi connectivity index (χ0) is 14.4. The number of benzene rings is 2. The normalized spacial score (nSPS) is 10.8. The molecule has 0 saturated heterocycles. The molecule has 3 heteroatoms. The number of halogens is 1. The molecule has 0 aliphatic carbocycles. The summed E-state index contributed by atoms with van der Waals surface area (Å²) in [4.78, 5) is 2.33. The second-order valence-corrected chi connectivity index (χ2v) is 5.79. The summed E-state index contributed by atoms with van der Waals surface area (Å²) in [6, 6.07) is 16.7. The van der Waals surface area contributed by atoms with Crippen LogP contribution < -0.4 is 4.74 Å². The van der Waals surface area contributed by atoms with Gasteiger partial charge in [-0.1, -0.05) is 46.3 Å². The van der Waals surface area contributed by atoms with Crippen LogP contribution in [0.5, 0.6) is 5.75 Å². The third-order valence-electron chi connectivity index (χ3n) is 3.32. The Morgan fingerprint density at radius 3 is 2.55 bits per heavy atom. The molecule has 0 fully saturated rings. The highest BCUT2D eigenvalue weighted by Crippen LogP contribution is 2.23. The van der Waals surface area contributed by atoms with Gasteiger partial charge < -0.3 is 9.64 Å². The Hall–Kier alpha value is -1.32. The summed E-state index contributed by atoms with van der Waals surface area (Å²) in [5.74, 6) is 0.902. The van der Waals surface area contributed by atoms with Crippen LogP contribution in [-0.4, -0.2) is 25.6 Å². The van der Waals surface area contributed by atoms with Crippen molar-refractivity contribution in [3.63, 3.8) is 0 Å². The van der Waals surface area contributed by atoms with Gasteiger partial charge in [0.1, 0.15) is 5.75 Å². The Labute approximate surface area is 129 Å². The van der Waals surface area contributed by atoms with E-state index in [1.807, 2.05) is 12.1 Å². The highest BCUT2D eigenvalue weighted by atomic mass is 79.9. The molecule has 0 heterocycles. The van der Waals surface area contributed by atoms with Crippen LogP contribution in [0.2, 0.25) is 0 Å². The van der Waals surface area contributed by atoms with Crippen molar-refractivity contribution in [1.29, 1.82) is 0 Å². The molecule has 2 aromatic rings. The lowest BCUT2D eigenvalue weighted by molar-refractivity contribution is 0.329. The molecular weight excluding hydrogens is 314 g/mol. The Bertz CT molecular complexity index is 542. The van der Waals surface area contributed by atoms with Gasteiger partial charge in [-0.05, 0) is 42.8 Å². The molecule has 0 amide bonds. The van der Waals surface area contributed by atoms with Gasteiger partial charge in [0, 0.05) is 17.6 Å². The Morgan fingerprint density at radius 2 is 1.85 bits per heavy atom. The zero-order valence-corrected chi connectivity index (χ0v) is 13.6. The average Bonchev–Trinajstić information content (AvgIpc) is 2.48. The molecule has 0 radical (unpaired) electrons. The van der Waals surface area contributed by atoms with Crippen molar-refractivity contribution in [2.24, 2.45) is 0 Å².